The maximum atomic E-state index is 11.2. The van der Waals surface area contributed by atoms with Crippen molar-refractivity contribution in [1.29, 1.82) is 0 Å². The van der Waals surface area contributed by atoms with Gasteiger partial charge in [-0.05, 0) is 0 Å². The number of hydrogen-bond acceptors (Lipinski definition) is 3. The SMILES string of the molecule is O=C(O)COCCOC(F)(F)F. The van der Waals surface area contributed by atoms with Gasteiger partial charge in [0.25, 0.3) is 0 Å². The van der Waals surface area contributed by atoms with Crippen LogP contribution in [0.2, 0.25) is 0 Å². The monoisotopic (exact) mass is 188 g/mol. The molecule has 0 aromatic heterocycles. The van der Waals surface area contributed by atoms with Gasteiger partial charge in [-0.3, -0.25) is 4.74 Å². The number of ether oxygens (including phenoxy) is 2. The van der Waals surface area contributed by atoms with Crippen LogP contribution in [0.5, 0.6) is 0 Å². The zero-order chi connectivity index (χ0) is 9.61. The molecule has 0 rings (SSSR count). The molecule has 12 heavy (non-hydrogen) atoms. The van der Waals surface area contributed by atoms with Crippen LogP contribution in [0, 0.1) is 0 Å². The topological polar surface area (TPSA) is 55.8 Å². The van der Waals surface area contributed by atoms with Crippen LogP contribution in [0.4, 0.5) is 13.2 Å². The first-order chi connectivity index (χ1) is 5.42. The van der Waals surface area contributed by atoms with Crippen molar-refractivity contribution in [3.8, 4) is 0 Å². The predicted molar refractivity (Wildman–Crippen MR) is 30.5 cm³/mol. The van der Waals surface area contributed by atoms with E-state index >= 15 is 0 Å². The third kappa shape index (κ3) is 9.18. The molecule has 1 N–H and O–H groups in total. The van der Waals surface area contributed by atoms with Gasteiger partial charge < -0.3 is 9.84 Å². The summed E-state index contributed by atoms with van der Waals surface area (Å²) >= 11 is 0. The second-order valence-electron chi connectivity index (χ2n) is 1.74. The molecule has 0 saturated carbocycles. The Bertz CT molecular complexity index is 144. The van der Waals surface area contributed by atoms with Gasteiger partial charge in [0, 0.05) is 0 Å². The van der Waals surface area contributed by atoms with Gasteiger partial charge in [-0.2, -0.15) is 0 Å². The minimum Gasteiger partial charge on any atom is -0.480 e. The number of halogens is 3. The van der Waals surface area contributed by atoms with E-state index in [2.05, 4.69) is 9.47 Å². The molecule has 7 heteroatoms. The molecular formula is C5H7F3O4. The van der Waals surface area contributed by atoms with Crippen molar-refractivity contribution in [1.82, 2.24) is 0 Å². The summed E-state index contributed by atoms with van der Waals surface area (Å²) < 4.78 is 41.3. The van der Waals surface area contributed by atoms with Gasteiger partial charge in [-0.15, -0.1) is 13.2 Å². The van der Waals surface area contributed by atoms with Crippen molar-refractivity contribution in [2.24, 2.45) is 0 Å². The van der Waals surface area contributed by atoms with Crippen LogP contribution < -0.4 is 0 Å². The molecular weight excluding hydrogens is 181 g/mol. The predicted octanol–water partition coefficient (Wildman–Crippen LogP) is 0.624. The third-order valence-corrected chi connectivity index (χ3v) is 0.719. The molecule has 0 bridgehead atoms. The minimum atomic E-state index is -4.69. The fourth-order valence-corrected chi connectivity index (χ4v) is 0.376. The lowest BCUT2D eigenvalue weighted by Crippen LogP contribution is -2.18. The summed E-state index contributed by atoms with van der Waals surface area (Å²) in [7, 11) is 0. The molecule has 0 saturated heterocycles. The van der Waals surface area contributed by atoms with Crippen LogP contribution in [-0.4, -0.2) is 37.3 Å². The molecule has 0 aromatic rings. The highest BCUT2D eigenvalue weighted by molar-refractivity contribution is 5.67. The van der Waals surface area contributed by atoms with Crippen LogP contribution >= 0.6 is 0 Å². The van der Waals surface area contributed by atoms with Gasteiger partial charge >= 0.3 is 12.3 Å². The molecule has 0 heterocycles. The van der Waals surface area contributed by atoms with E-state index in [1.165, 1.54) is 0 Å². The lowest BCUT2D eigenvalue weighted by atomic mass is 10.7. The Hall–Kier alpha value is -0.820. The van der Waals surface area contributed by atoms with Crippen LogP contribution in [-0.2, 0) is 14.3 Å². The van der Waals surface area contributed by atoms with Gasteiger partial charge in [0.05, 0.1) is 13.2 Å². The van der Waals surface area contributed by atoms with Crippen molar-refractivity contribution in [3.05, 3.63) is 0 Å². The van der Waals surface area contributed by atoms with Gasteiger partial charge in [-0.1, -0.05) is 0 Å². The molecule has 0 aliphatic carbocycles. The van der Waals surface area contributed by atoms with Crippen LogP contribution in [0.3, 0.4) is 0 Å². The lowest BCUT2D eigenvalue weighted by Gasteiger charge is -2.06. The molecule has 0 unspecified atom stereocenters. The maximum Gasteiger partial charge on any atom is 0.522 e. The molecule has 72 valence electrons. The van der Waals surface area contributed by atoms with Gasteiger partial charge in [0.2, 0.25) is 0 Å². The molecule has 0 fully saturated rings. The highest BCUT2D eigenvalue weighted by Crippen LogP contribution is 2.15. The van der Waals surface area contributed by atoms with Crippen molar-refractivity contribution < 1.29 is 32.5 Å². The molecule has 0 aliphatic heterocycles. The fourth-order valence-electron chi connectivity index (χ4n) is 0.376. The van der Waals surface area contributed by atoms with E-state index in [1.54, 1.807) is 0 Å². The number of rotatable bonds is 5. The van der Waals surface area contributed by atoms with Crippen molar-refractivity contribution in [2.75, 3.05) is 19.8 Å². The third-order valence-electron chi connectivity index (χ3n) is 0.719. The molecule has 0 aromatic carbocycles. The smallest absolute Gasteiger partial charge is 0.480 e. The Morgan fingerprint density at radius 3 is 2.33 bits per heavy atom. The quantitative estimate of drug-likeness (QED) is 0.642. The number of aliphatic carboxylic acids is 1. The molecule has 0 radical (unpaired) electrons. The van der Waals surface area contributed by atoms with Crippen molar-refractivity contribution in [3.63, 3.8) is 0 Å². The molecule has 0 atom stereocenters. The number of alkyl halides is 3. The van der Waals surface area contributed by atoms with Crippen molar-refractivity contribution in [2.45, 2.75) is 6.36 Å². The molecule has 0 spiro atoms. The first-order valence-electron chi connectivity index (χ1n) is 2.92. The Kier molecular flexibility index (Phi) is 4.60. The molecule has 0 amide bonds. The standard InChI is InChI=1S/C5H7F3O4/c6-5(7,8)12-2-1-11-3-4(9)10/h1-3H2,(H,9,10). The second-order valence-corrected chi connectivity index (χ2v) is 1.74. The van der Waals surface area contributed by atoms with E-state index in [1.807, 2.05) is 0 Å². The molecule has 0 aliphatic rings. The van der Waals surface area contributed by atoms with Gasteiger partial charge in [0.1, 0.15) is 6.61 Å². The fraction of sp³-hybridized carbons (Fsp3) is 0.800. The number of hydrogen-bond donors (Lipinski definition) is 1. The normalized spacial score (nSPS) is 11.6. The van der Waals surface area contributed by atoms with Crippen LogP contribution in [0.15, 0.2) is 0 Å². The second kappa shape index (κ2) is 4.94. The Morgan fingerprint density at radius 1 is 1.33 bits per heavy atom. The summed E-state index contributed by atoms with van der Waals surface area (Å²) in [6, 6.07) is 0. The van der Waals surface area contributed by atoms with E-state index < -0.39 is 32.2 Å². The lowest BCUT2D eigenvalue weighted by molar-refractivity contribution is -0.326. The Balaban J connectivity index is 3.17. The Morgan fingerprint density at radius 2 is 1.92 bits per heavy atom. The van der Waals surface area contributed by atoms with E-state index in [4.69, 9.17) is 5.11 Å². The van der Waals surface area contributed by atoms with Gasteiger partial charge in [0.15, 0.2) is 0 Å². The summed E-state index contributed by atoms with van der Waals surface area (Å²) in [5.74, 6) is -1.23. The highest BCUT2D eigenvalue weighted by Gasteiger charge is 2.28. The largest absolute Gasteiger partial charge is 0.522 e. The zero-order valence-electron chi connectivity index (χ0n) is 5.93. The molecule has 4 nitrogen and oxygen atoms in total. The van der Waals surface area contributed by atoms with E-state index in [9.17, 15) is 18.0 Å². The first-order valence-corrected chi connectivity index (χ1v) is 2.92. The summed E-state index contributed by atoms with van der Waals surface area (Å²) in [5, 5.41) is 7.98. The van der Waals surface area contributed by atoms with Crippen LogP contribution in [0.1, 0.15) is 0 Å². The van der Waals surface area contributed by atoms with Crippen LogP contribution in [0.25, 0.3) is 0 Å². The number of carbonyl (C=O) groups is 1. The average molecular weight is 188 g/mol. The van der Waals surface area contributed by atoms with Gasteiger partial charge in [-0.25, -0.2) is 4.79 Å². The Labute approximate surface area is 65.9 Å². The first kappa shape index (κ1) is 11.2. The highest BCUT2D eigenvalue weighted by atomic mass is 19.4. The average Bonchev–Trinajstić information content (AvgIpc) is 1.83. The summed E-state index contributed by atoms with van der Waals surface area (Å²) in [6.07, 6.45) is -4.69. The summed E-state index contributed by atoms with van der Waals surface area (Å²) in [6.45, 7) is -1.72. The maximum absolute atomic E-state index is 11.2. The van der Waals surface area contributed by atoms with Crippen molar-refractivity contribution >= 4 is 5.97 Å². The number of carboxylic acids is 1. The van der Waals surface area contributed by atoms with E-state index in [0.29, 0.717) is 0 Å². The summed E-state index contributed by atoms with van der Waals surface area (Å²) in [5.41, 5.74) is 0. The van der Waals surface area contributed by atoms with E-state index in [-0.39, 0.29) is 0 Å². The number of carboxylic acid groups (broad SMARTS) is 1. The minimum absolute atomic E-state index is 0.397. The zero-order valence-corrected chi connectivity index (χ0v) is 5.93. The summed E-state index contributed by atoms with van der Waals surface area (Å²) in [4.78, 5) is 9.77. The van der Waals surface area contributed by atoms with E-state index in [0.717, 1.165) is 0 Å².